The van der Waals surface area contributed by atoms with Gasteiger partial charge in [-0.2, -0.15) is 0 Å². The maximum atomic E-state index is 14.6. The summed E-state index contributed by atoms with van der Waals surface area (Å²) in [4.78, 5) is 101. The Bertz CT molecular complexity index is 2150. The minimum Gasteiger partial charge on any atom is -0.394 e. The summed E-state index contributed by atoms with van der Waals surface area (Å²) in [6, 6.07) is 9.89. The molecule has 0 bridgehead atoms. The number of fused-ring (bicyclic) bond motifs is 1. The van der Waals surface area contributed by atoms with Crippen molar-refractivity contribution in [2.75, 3.05) is 13.2 Å². The number of hydrogen-bond donors (Lipinski definition) is 12. The Balaban J connectivity index is 1.48. The first-order valence-corrected chi connectivity index (χ1v) is 22.4. The molecule has 20 heteroatoms. The van der Waals surface area contributed by atoms with Crippen LogP contribution in [0.5, 0.6) is 0 Å². The zero-order chi connectivity index (χ0) is 48.1. The van der Waals surface area contributed by atoms with Crippen molar-refractivity contribution in [2.45, 2.75) is 133 Å². The summed E-state index contributed by atoms with van der Waals surface area (Å²) >= 11 is 0. The van der Waals surface area contributed by atoms with Crippen molar-refractivity contribution in [1.29, 1.82) is 0 Å². The first-order valence-electron chi connectivity index (χ1n) is 22.4. The normalized spacial score (nSPS) is 27.5. The van der Waals surface area contributed by atoms with Gasteiger partial charge < -0.3 is 67.4 Å². The van der Waals surface area contributed by atoms with Crippen LogP contribution in [0.1, 0.15) is 70.9 Å². The highest BCUT2D eigenvalue weighted by atomic mass is 16.6. The second-order valence-corrected chi connectivity index (χ2v) is 17.8. The molecular weight excluding hydrogens is 857 g/mol. The molecule has 12 N–H and O–H groups in total. The molecule has 10 atom stereocenters. The fourth-order valence-electron chi connectivity index (χ4n) is 8.01. The van der Waals surface area contributed by atoms with Gasteiger partial charge in [-0.1, -0.05) is 76.2 Å². The number of carbonyl (C=O) groups is 7. The lowest BCUT2D eigenvalue weighted by Crippen LogP contribution is -2.63. The smallest absolute Gasteiger partial charge is 0.243 e. The van der Waals surface area contributed by atoms with E-state index in [1.54, 1.807) is 36.5 Å². The lowest BCUT2D eigenvalue weighted by atomic mass is 9.98. The first-order chi connectivity index (χ1) is 31.4. The highest BCUT2D eigenvalue weighted by molar-refractivity contribution is 5.98. The molecule has 0 aliphatic carbocycles. The van der Waals surface area contributed by atoms with Gasteiger partial charge >= 0.3 is 0 Å². The van der Waals surface area contributed by atoms with Crippen LogP contribution in [0, 0.1) is 11.8 Å². The molecule has 2 aliphatic rings. The molecule has 2 aromatic carbocycles. The highest BCUT2D eigenvalue weighted by Gasteiger charge is 2.44. The molecule has 0 radical (unpaired) electrons. The van der Waals surface area contributed by atoms with E-state index >= 15 is 0 Å². The third kappa shape index (κ3) is 14.3. The minimum absolute atomic E-state index is 0.00722. The fourth-order valence-corrected chi connectivity index (χ4v) is 8.01. The SMILES string of the molecule is CC(C)C[C@@H]1NC(=O)CNC(=O)[C@H](Cc2ccccc2)NC(=O)[C@H](Cc2c[nH]c3ccccc23)NC(=O)[C@H](CCCC(=O)N[C@@H]2O[C@H](CO)[C@H](O)[C@H](O)[C@H]2O)NC(=O)[C@@H](CC(C)C)NC1=O. The maximum absolute atomic E-state index is 14.6. The molecule has 0 spiro atoms. The maximum Gasteiger partial charge on any atom is 0.243 e. The third-order valence-electron chi connectivity index (χ3n) is 11.5. The molecule has 2 saturated heterocycles. The summed E-state index contributed by atoms with van der Waals surface area (Å²) in [6.07, 6.45) is -6.49. The number of hydrogen-bond acceptors (Lipinski definition) is 12. The van der Waals surface area contributed by atoms with E-state index in [1.165, 1.54) is 0 Å². The number of H-pyrrole nitrogens is 1. The number of aliphatic hydroxyl groups is 4. The van der Waals surface area contributed by atoms with Crippen molar-refractivity contribution in [1.82, 2.24) is 42.2 Å². The second kappa shape index (κ2) is 24.0. The molecule has 1 aromatic heterocycles. The Labute approximate surface area is 382 Å². The van der Waals surface area contributed by atoms with Gasteiger partial charge in [0, 0.05) is 36.4 Å². The minimum atomic E-state index is -1.74. The molecule has 2 fully saturated rings. The van der Waals surface area contributed by atoms with Crippen molar-refractivity contribution in [3.8, 4) is 0 Å². The van der Waals surface area contributed by atoms with Gasteiger partial charge in [0.15, 0.2) is 6.23 Å². The van der Waals surface area contributed by atoms with Crippen LogP contribution in [-0.2, 0) is 51.1 Å². The van der Waals surface area contributed by atoms with Crippen LogP contribution in [0.15, 0.2) is 60.8 Å². The Morgan fingerprint density at radius 3 is 1.89 bits per heavy atom. The van der Waals surface area contributed by atoms with Gasteiger partial charge in [0.25, 0.3) is 0 Å². The van der Waals surface area contributed by atoms with Crippen LogP contribution in [0.25, 0.3) is 10.9 Å². The Kier molecular flexibility index (Phi) is 18.6. The lowest BCUT2D eigenvalue weighted by molar-refractivity contribution is -0.236. The molecule has 360 valence electrons. The molecule has 20 nitrogen and oxygen atoms in total. The number of ether oxygens (including phenoxy) is 1. The van der Waals surface area contributed by atoms with Crippen LogP contribution < -0.4 is 37.2 Å². The number of nitrogens with one attached hydrogen (secondary N) is 8. The van der Waals surface area contributed by atoms with Crippen molar-refractivity contribution < 1.29 is 58.7 Å². The number of benzene rings is 2. The van der Waals surface area contributed by atoms with E-state index in [1.807, 2.05) is 52.0 Å². The summed E-state index contributed by atoms with van der Waals surface area (Å²) in [5, 5.41) is 59.9. The molecule has 3 heterocycles. The van der Waals surface area contributed by atoms with Crippen LogP contribution in [0.3, 0.4) is 0 Å². The molecule has 0 saturated carbocycles. The van der Waals surface area contributed by atoms with E-state index in [-0.39, 0.29) is 56.8 Å². The molecule has 0 unspecified atom stereocenters. The second-order valence-electron chi connectivity index (χ2n) is 17.8. The van der Waals surface area contributed by atoms with Gasteiger partial charge in [-0.25, -0.2) is 0 Å². The van der Waals surface area contributed by atoms with Crippen molar-refractivity contribution in [2.24, 2.45) is 11.8 Å². The zero-order valence-electron chi connectivity index (χ0n) is 37.6. The van der Waals surface area contributed by atoms with Gasteiger partial charge in [-0.3, -0.25) is 33.6 Å². The first kappa shape index (κ1) is 51.1. The van der Waals surface area contributed by atoms with Crippen LogP contribution in [-0.4, -0.2) is 141 Å². The van der Waals surface area contributed by atoms with Crippen molar-refractivity contribution >= 4 is 52.3 Å². The lowest BCUT2D eigenvalue weighted by Gasteiger charge is -2.40. The van der Waals surface area contributed by atoms with Crippen LogP contribution >= 0.6 is 0 Å². The van der Waals surface area contributed by atoms with Crippen LogP contribution in [0.2, 0.25) is 0 Å². The van der Waals surface area contributed by atoms with E-state index in [2.05, 4.69) is 42.2 Å². The number of aliphatic hydroxyl groups excluding tert-OH is 4. The molecular formula is C46H64N8O12. The standard InChI is InChI=1S/C46H64N8O12/c1-24(2)17-31-43(63)51-32(18-25(3)4)44(64)50-30(15-10-16-36(56)54-46-40(60)39(59)38(58)35(23-55)66-46)42(62)53-34(20-27-21-47-29-14-9-8-13-28(27)29)45(65)52-33(19-26-11-6-5-7-12-26)41(61)48-22-37(57)49-31/h5-9,11-14,21,24-25,30-35,38-40,46-47,55,58-60H,10,15-20,22-23H2,1-4H3,(H,48,61)(H,49,57)(H,50,64)(H,51,63)(H,52,65)(H,53,62)(H,54,56)/t30-,31-,32+,33-,34-,35+,38-,39-,40+,46+/m0/s1. The molecule has 3 aromatic rings. The average Bonchev–Trinajstić information content (AvgIpc) is 3.69. The van der Waals surface area contributed by atoms with Gasteiger partial charge in [-0.15, -0.1) is 0 Å². The predicted molar refractivity (Wildman–Crippen MR) is 239 cm³/mol. The van der Waals surface area contributed by atoms with Gasteiger partial charge in [-0.05, 0) is 54.7 Å². The summed E-state index contributed by atoms with van der Waals surface area (Å²) in [5.74, 6) is -5.28. The van der Waals surface area contributed by atoms with Crippen molar-refractivity contribution in [3.05, 3.63) is 71.9 Å². The van der Waals surface area contributed by atoms with Crippen LogP contribution in [0.4, 0.5) is 0 Å². The van der Waals surface area contributed by atoms with E-state index in [4.69, 9.17) is 4.74 Å². The number of rotatable bonds is 14. The number of aromatic nitrogens is 1. The van der Waals surface area contributed by atoms with E-state index in [0.717, 1.165) is 10.9 Å². The fraction of sp³-hybridized carbons (Fsp3) is 0.543. The quantitative estimate of drug-likeness (QED) is 0.0897. The number of aromatic amines is 1. The molecule has 66 heavy (non-hydrogen) atoms. The predicted octanol–water partition coefficient (Wildman–Crippen LogP) is -1.31. The Hall–Kier alpha value is -5.93. The number of amides is 7. The summed E-state index contributed by atoms with van der Waals surface area (Å²) in [7, 11) is 0. The Morgan fingerprint density at radius 2 is 1.24 bits per heavy atom. The monoisotopic (exact) mass is 920 g/mol. The molecule has 5 rings (SSSR count). The number of para-hydroxylation sites is 1. The number of carbonyl (C=O) groups excluding carboxylic acids is 7. The third-order valence-corrected chi connectivity index (χ3v) is 11.5. The topological polar surface area (TPSA) is 310 Å². The van der Waals surface area contributed by atoms with E-state index in [0.29, 0.717) is 11.1 Å². The Morgan fingerprint density at radius 1 is 0.682 bits per heavy atom. The zero-order valence-corrected chi connectivity index (χ0v) is 37.6. The van der Waals surface area contributed by atoms with Gasteiger partial charge in [0.2, 0.25) is 41.4 Å². The highest BCUT2D eigenvalue weighted by Crippen LogP contribution is 2.22. The van der Waals surface area contributed by atoms with Crippen molar-refractivity contribution in [3.63, 3.8) is 0 Å². The average molecular weight is 921 g/mol. The van der Waals surface area contributed by atoms with E-state index in [9.17, 15) is 54.0 Å². The van der Waals surface area contributed by atoms with Gasteiger partial charge in [0.05, 0.1) is 13.2 Å². The summed E-state index contributed by atoms with van der Waals surface area (Å²) < 4.78 is 5.40. The van der Waals surface area contributed by atoms with E-state index < -0.39 is 115 Å². The summed E-state index contributed by atoms with van der Waals surface area (Å²) in [6.45, 7) is 6.12. The molecule has 7 amide bonds. The largest absolute Gasteiger partial charge is 0.394 e. The summed E-state index contributed by atoms with van der Waals surface area (Å²) in [5.41, 5.74) is 2.10. The van der Waals surface area contributed by atoms with Gasteiger partial charge in [0.1, 0.15) is 54.6 Å². The molecule has 2 aliphatic heterocycles.